The predicted octanol–water partition coefficient (Wildman–Crippen LogP) is 2.49. The van der Waals surface area contributed by atoms with Crippen LogP contribution >= 0.6 is 0 Å². The van der Waals surface area contributed by atoms with Crippen molar-refractivity contribution in [3.8, 4) is 0 Å². The van der Waals surface area contributed by atoms with Crippen molar-refractivity contribution in [2.45, 2.75) is 59.0 Å². The van der Waals surface area contributed by atoms with Gasteiger partial charge in [-0.15, -0.1) is 0 Å². The summed E-state index contributed by atoms with van der Waals surface area (Å²) in [6.07, 6.45) is 10.6. The fraction of sp³-hybridized carbons (Fsp3) is 0.818. The second kappa shape index (κ2) is 11.0. The number of nitrogens with zero attached hydrogens (tertiary/aromatic N) is 4. The summed E-state index contributed by atoms with van der Waals surface area (Å²) in [5, 5.41) is 7.10. The normalized spacial score (nSPS) is 20.8. The van der Waals surface area contributed by atoms with Gasteiger partial charge in [-0.3, -0.25) is 9.89 Å². The van der Waals surface area contributed by atoms with Gasteiger partial charge in [0.05, 0.1) is 19.8 Å². The second-order valence-electron chi connectivity index (χ2n) is 9.12. The molecule has 0 atom stereocenters. The molecule has 2 N–H and O–H groups in total. The van der Waals surface area contributed by atoms with E-state index in [-0.39, 0.29) is 0 Å². The molecule has 1 saturated carbocycles. The van der Waals surface area contributed by atoms with E-state index in [4.69, 9.17) is 4.74 Å². The molecule has 0 radical (unpaired) electrons. The Kier molecular flexibility index (Phi) is 8.36. The summed E-state index contributed by atoms with van der Waals surface area (Å²) >= 11 is 0. The van der Waals surface area contributed by atoms with Crippen LogP contribution in [0.15, 0.2) is 17.4 Å². The van der Waals surface area contributed by atoms with E-state index < -0.39 is 0 Å². The fourth-order valence-electron chi connectivity index (χ4n) is 4.65. The van der Waals surface area contributed by atoms with Crippen molar-refractivity contribution >= 4 is 5.96 Å². The molecule has 2 heterocycles. The van der Waals surface area contributed by atoms with Crippen LogP contribution in [0.3, 0.4) is 0 Å². The predicted molar refractivity (Wildman–Crippen MR) is 118 cm³/mol. The molecule has 0 spiro atoms. The third-order valence-corrected chi connectivity index (χ3v) is 6.21. The van der Waals surface area contributed by atoms with Crippen LogP contribution in [-0.4, -0.2) is 66.9 Å². The van der Waals surface area contributed by atoms with Crippen LogP contribution in [0.2, 0.25) is 0 Å². The summed E-state index contributed by atoms with van der Waals surface area (Å²) < 4.78 is 7.77. The molecule has 7 heteroatoms. The molecular weight excluding hydrogens is 364 g/mol. The van der Waals surface area contributed by atoms with Crippen LogP contribution in [0.4, 0.5) is 0 Å². The Labute approximate surface area is 176 Å². The van der Waals surface area contributed by atoms with Crippen LogP contribution in [0.1, 0.15) is 51.8 Å². The Morgan fingerprint density at radius 2 is 1.97 bits per heavy atom. The lowest BCUT2D eigenvalue weighted by Gasteiger charge is -2.42. The molecule has 0 bridgehead atoms. The molecule has 1 aliphatic carbocycles. The lowest BCUT2D eigenvalue weighted by molar-refractivity contribution is 0.00820. The van der Waals surface area contributed by atoms with Gasteiger partial charge in [0.2, 0.25) is 0 Å². The molecule has 0 aromatic carbocycles. The minimum Gasteiger partial charge on any atom is -0.379 e. The van der Waals surface area contributed by atoms with E-state index in [1.54, 1.807) is 0 Å². The van der Waals surface area contributed by atoms with Crippen LogP contribution < -0.4 is 10.6 Å². The van der Waals surface area contributed by atoms with Crippen LogP contribution in [0.5, 0.6) is 0 Å². The Hall–Kier alpha value is -1.60. The van der Waals surface area contributed by atoms with Crippen molar-refractivity contribution in [2.24, 2.45) is 16.3 Å². The Morgan fingerprint density at radius 1 is 1.21 bits per heavy atom. The first-order chi connectivity index (χ1) is 14.1. The largest absolute Gasteiger partial charge is 0.379 e. The third kappa shape index (κ3) is 6.71. The summed E-state index contributed by atoms with van der Waals surface area (Å²) in [7, 11) is 1.85. The summed E-state index contributed by atoms with van der Waals surface area (Å²) in [4.78, 5) is 11.6. The maximum atomic E-state index is 5.54. The quantitative estimate of drug-likeness (QED) is 0.515. The van der Waals surface area contributed by atoms with E-state index in [9.17, 15) is 0 Å². The van der Waals surface area contributed by atoms with Gasteiger partial charge in [0, 0.05) is 57.6 Å². The fourth-order valence-corrected chi connectivity index (χ4v) is 4.65. The number of morpholine rings is 1. The zero-order valence-electron chi connectivity index (χ0n) is 18.6. The topological polar surface area (TPSA) is 66.7 Å². The van der Waals surface area contributed by atoms with Crippen LogP contribution in [0.25, 0.3) is 0 Å². The van der Waals surface area contributed by atoms with Crippen molar-refractivity contribution in [2.75, 3.05) is 46.4 Å². The van der Waals surface area contributed by atoms with Gasteiger partial charge in [-0.1, -0.05) is 33.1 Å². The van der Waals surface area contributed by atoms with Crippen LogP contribution in [0, 0.1) is 11.3 Å². The van der Waals surface area contributed by atoms with Gasteiger partial charge in [0.25, 0.3) is 0 Å². The van der Waals surface area contributed by atoms with Gasteiger partial charge in [-0.25, -0.2) is 4.98 Å². The van der Waals surface area contributed by atoms with Gasteiger partial charge >= 0.3 is 0 Å². The van der Waals surface area contributed by atoms with Gasteiger partial charge < -0.3 is 19.9 Å². The number of imidazole rings is 1. The van der Waals surface area contributed by atoms with E-state index in [0.717, 1.165) is 51.2 Å². The standard InChI is InChI=1S/C22H40N6O/c1-19(2)16-28-10-9-24-20(28)15-25-21(23-3)26-17-22(7-5-4-6-8-22)18-27-11-13-29-14-12-27/h9-10,19H,4-8,11-18H2,1-3H3,(H2,23,25,26). The highest BCUT2D eigenvalue weighted by Crippen LogP contribution is 2.36. The lowest BCUT2D eigenvalue weighted by Crippen LogP contribution is -2.51. The first-order valence-corrected chi connectivity index (χ1v) is 11.3. The van der Waals surface area contributed by atoms with Crippen molar-refractivity contribution in [1.82, 2.24) is 25.1 Å². The molecule has 1 aromatic rings. The first-order valence-electron chi connectivity index (χ1n) is 11.3. The average molecular weight is 405 g/mol. The van der Waals surface area contributed by atoms with Gasteiger partial charge in [-0.05, 0) is 18.8 Å². The molecule has 164 valence electrons. The monoisotopic (exact) mass is 404 g/mol. The van der Waals surface area contributed by atoms with E-state index in [1.807, 2.05) is 13.2 Å². The number of guanidine groups is 1. The van der Waals surface area contributed by atoms with E-state index in [0.29, 0.717) is 17.9 Å². The zero-order chi connectivity index (χ0) is 20.5. The van der Waals surface area contributed by atoms with E-state index in [2.05, 4.69) is 50.1 Å². The molecule has 2 aliphatic rings. The molecule has 1 saturated heterocycles. The third-order valence-electron chi connectivity index (χ3n) is 6.21. The van der Waals surface area contributed by atoms with E-state index in [1.165, 1.54) is 38.6 Å². The Bertz CT molecular complexity index is 629. The molecular formula is C22H40N6O. The van der Waals surface area contributed by atoms with Crippen molar-refractivity contribution in [3.63, 3.8) is 0 Å². The van der Waals surface area contributed by atoms with Gasteiger partial charge in [-0.2, -0.15) is 0 Å². The number of ether oxygens (including phenoxy) is 1. The maximum absolute atomic E-state index is 5.54. The Balaban J connectivity index is 1.54. The number of rotatable bonds is 8. The minimum absolute atomic E-state index is 0.337. The number of nitrogens with one attached hydrogen (secondary N) is 2. The SMILES string of the molecule is CN=C(NCc1nccn1CC(C)C)NCC1(CN2CCOCC2)CCCCC1. The molecule has 7 nitrogen and oxygen atoms in total. The number of aromatic nitrogens is 2. The summed E-state index contributed by atoms with van der Waals surface area (Å²) in [5.74, 6) is 2.53. The lowest BCUT2D eigenvalue weighted by atomic mass is 9.73. The molecule has 1 aliphatic heterocycles. The maximum Gasteiger partial charge on any atom is 0.191 e. The van der Waals surface area contributed by atoms with Gasteiger partial charge in [0.15, 0.2) is 5.96 Å². The van der Waals surface area contributed by atoms with Gasteiger partial charge in [0.1, 0.15) is 5.82 Å². The molecule has 1 aromatic heterocycles. The number of hydrogen-bond donors (Lipinski definition) is 2. The first kappa shape index (κ1) is 22.1. The summed E-state index contributed by atoms with van der Waals surface area (Å²) in [5.41, 5.74) is 0.337. The average Bonchev–Trinajstić information content (AvgIpc) is 3.16. The molecule has 29 heavy (non-hydrogen) atoms. The molecule has 0 amide bonds. The van der Waals surface area contributed by atoms with Crippen LogP contribution in [-0.2, 0) is 17.8 Å². The summed E-state index contributed by atoms with van der Waals surface area (Å²) in [6.45, 7) is 12.2. The molecule has 0 unspecified atom stereocenters. The van der Waals surface area contributed by atoms with Crippen molar-refractivity contribution < 1.29 is 4.74 Å². The summed E-state index contributed by atoms with van der Waals surface area (Å²) in [6, 6.07) is 0. The minimum atomic E-state index is 0.337. The molecule has 2 fully saturated rings. The number of aliphatic imine (C=N–C) groups is 1. The molecule has 3 rings (SSSR count). The highest BCUT2D eigenvalue weighted by Gasteiger charge is 2.34. The number of hydrogen-bond acceptors (Lipinski definition) is 4. The van der Waals surface area contributed by atoms with Crippen molar-refractivity contribution in [1.29, 1.82) is 0 Å². The second-order valence-corrected chi connectivity index (χ2v) is 9.12. The highest BCUT2D eigenvalue weighted by atomic mass is 16.5. The van der Waals surface area contributed by atoms with Crippen molar-refractivity contribution in [3.05, 3.63) is 18.2 Å². The smallest absolute Gasteiger partial charge is 0.191 e. The van der Waals surface area contributed by atoms with E-state index >= 15 is 0 Å². The Morgan fingerprint density at radius 3 is 2.66 bits per heavy atom. The zero-order valence-corrected chi connectivity index (χ0v) is 18.6. The highest BCUT2D eigenvalue weighted by molar-refractivity contribution is 5.79.